The standard InChI is InChI=1S/C11H19N3OS/c1-2-8-7-16-11(14-8)12-6-5-10(15)13-9-3-4-9/h8-9H,2-7H2,1H3,(H,12,14)(H,13,15). The smallest absolute Gasteiger partial charge is 0.222 e. The Balaban J connectivity index is 1.62. The normalized spacial score (nSPS) is 26.8. The SMILES string of the molecule is CCC1CSC(=NCCC(=O)NC2CC2)N1. The van der Waals surface area contributed by atoms with Gasteiger partial charge in [0, 0.05) is 24.3 Å². The first-order chi connectivity index (χ1) is 7.78. The summed E-state index contributed by atoms with van der Waals surface area (Å²) in [6.45, 7) is 2.77. The van der Waals surface area contributed by atoms with E-state index in [1.807, 2.05) is 0 Å². The minimum atomic E-state index is 0.141. The lowest BCUT2D eigenvalue weighted by Gasteiger charge is -2.04. The zero-order chi connectivity index (χ0) is 11.4. The van der Waals surface area contributed by atoms with Crippen LogP contribution in [0.3, 0.4) is 0 Å². The molecule has 0 aromatic rings. The molecule has 1 aliphatic heterocycles. The monoisotopic (exact) mass is 241 g/mol. The zero-order valence-corrected chi connectivity index (χ0v) is 10.5. The van der Waals surface area contributed by atoms with Gasteiger partial charge in [-0.05, 0) is 19.3 Å². The molecule has 2 fully saturated rings. The van der Waals surface area contributed by atoms with Crippen LogP contribution in [0.1, 0.15) is 32.6 Å². The Kier molecular flexibility index (Phi) is 4.09. The molecule has 0 bridgehead atoms. The molecule has 1 amide bonds. The number of nitrogens with one attached hydrogen (secondary N) is 2. The van der Waals surface area contributed by atoms with E-state index in [2.05, 4.69) is 22.5 Å². The van der Waals surface area contributed by atoms with Crippen LogP contribution in [0.4, 0.5) is 0 Å². The van der Waals surface area contributed by atoms with Gasteiger partial charge in [-0.3, -0.25) is 9.79 Å². The second-order valence-corrected chi connectivity index (χ2v) is 5.35. The lowest BCUT2D eigenvalue weighted by atomic mass is 10.3. The summed E-state index contributed by atoms with van der Waals surface area (Å²) >= 11 is 1.76. The summed E-state index contributed by atoms with van der Waals surface area (Å²) in [7, 11) is 0. The maximum Gasteiger partial charge on any atom is 0.222 e. The molecule has 0 spiro atoms. The number of rotatable bonds is 5. The van der Waals surface area contributed by atoms with Crippen molar-refractivity contribution in [3.8, 4) is 0 Å². The molecule has 1 saturated carbocycles. The number of hydrogen-bond donors (Lipinski definition) is 2. The molecule has 2 aliphatic rings. The van der Waals surface area contributed by atoms with E-state index in [0.29, 0.717) is 25.0 Å². The Labute approximate surface area is 101 Å². The van der Waals surface area contributed by atoms with E-state index in [1.54, 1.807) is 11.8 Å². The van der Waals surface area contributed by atoms with Crippen molar-refractivity contribution in [3.05, 3.63) is 0 Å². The van der Waals surface area contributed by atoms with Crippen molar-refractivity contribution < 1.29 is 4.79 Å². The molecule has 5 heteroatoms. The van der Waals surface area contributed by atoms with Gasteiger partial charge in [-0.15, -0.1) is 0 Å². The van der Waals surface area contributed by atoms with E-state index in [9.17, 15) is 4.79 Å². The number of nitrogens with zero attached hydrogens (tertiary/aromatic N) is 1. The zero-order valence-electron chi connectivity index (χ0n) is 9.66. The fraction of sp³-hybridized carbons (Fsp3) is 0.818. The number of hydrogen-bond acceptors (Lipinski definition) is 3. The Morgan fingerprint density at radius 1 is 1.62 bits per heavy atom. The summed E-state index contributed by atoms with van der Waals surface area (Å²) in [6, 6.07) is 1.02. The summed E-state index contributed by atoms with van der Waals surface area (Å²) in [5.41, 5.74) is 0. The number of amidine groups is 1. The van der Waals surface area contributed by atoms with Crippen molar-refractivity contribution in [1.29, 1.82) is 0 Å². The second kappa shape index (κ2) is 5.57. The first-order valence-corrected chi connectivity index (χ1v) is 6.99. The third-order valence-corrected chi connectivity index (χ3v) is 3.87. The molecule has 2 rings (SSSR count). The largest absolute Gasteiger partial charge is 0.361 e. The summed E-state index contributed by atoms with van der Waals surface area (Å²) in [5.74, 6) is 1.24. The highest BCUT2D eigenvalue weighted by Gasteiger charge is 2.23. The van der Waals surface area contributed by atoms with Crippen molar-refractivity contribution in [2.24, 2.45) is 4.99 Å². The van der Waals surface area contributed by atoms with E-state index < -0.39 is 0 Å². The molecule has 1 aliphatic carbocycles. The highest BCUT2D eigenvalue weighted by atomic mass is 32.2. The summed E-state index contributed by atoms with van der Waals surface area (Å²) in [6.07, 6.45) is 3.94. The van der Waals surface area contributed by atoms with E-state index >= 15 is 0 Å². The van der Waals surface area contributed by atoms with Gasteiger partial charge in [0.1, 0.15) is 0 Å². The maximum atomic E-state index is 11.4. The molecule has 2 N–H and O–H groups in total. The highest BCUT2D eigenvalue weighted by Crippen LogP contribution is 2.18. The fourth-order valence-corrected chi connectivity index (χ4v) is 2.65. The van der Waals surface area contributed by atoms with E-state index in [-0.39, 0.29) is 5.91 Å². The van der Waals surface area contributed by atoms with Gasteiger partial charge >= 0.3 is 0 Å². The Bertz CT molecular complexity index is 289. The van der Waals surface area contributed by atoms with Crippen LogP contribution in [0, 0.1) is 0 Å². The van der Waals surface area contributed by atoms with Crippen LogP contribution >= 0.6 is 11.8 Å². The second-order valence-electron chi connectivity index (χ2n) is 4.34. The van der Waals surface area contributed by atoms with Gasteiger partial charge in [-0.2, -0.15) is 0 Å². The Morgan fingerprint density at radius 2 is 2.44 bits per heavy atom. The maximum absolute atomic E-state index is 11.4. The lowest BCUT2D eigenvalue weighted by molar-refractivity contribution is -0.121. The van der Waals surface area contributed by atoms with Crippen LogP contribution in [0.25, 0.3) is 0 Å². The first-order valence-electron chi connectivity index (χ1n) is 6.01. The molecule has 0 aromatic carbocycles. The van der Waals surface area contributed by atoms with E-state index in [4.69, 9.17) is 0 Å². The minimum Gasteiger partial charge on any atom is -0.361 e. The van der Waals surface area contributed by atoms with Gasteiger partial charge in [0.15, 0.2) is 5.17 Å². The molecule has 0 radical (unpaired) electrons. The van der Waals surface area contributed by atoms with Gasteiger partial charge in [-0.1, -0.05) is 18.7 Å². The van der Waals surface area contributed by atoms with Crippen LogP contribution in [-0.4, -0.2) is 35.5 Å². The van der Waals surface area contributed by atoms with E-state index in [1.165, 1.54) is 0 Å². The van der Waals surface area contributed by atoms with Crippen molar-refractivity contribution in [1.82, 2.24) is 10.6 Å². The molecule has 16 heavy (non-hydrogen) atoms. The Morgan fingerprint density at radius 3 is 3.06 bits per heavy atom. The van der Waals surface area contributed by atoms with Gasteiger partial charge < -0.3 is 10.6 Å². The minimum absolute atomic E-state index is 0.141. The van der Waals surface area contributed by atoms with Crippen LogP contribution in [0.5, 0.6) is 0 Å². The van der Waals surface area contributed by atoms with Gasteiger partial charge in [0.2, 0.25) is 5.91 Å². The average molecular weight is 241 g/mol. The summed E-state index contributed by atoms with van der Waals surface area (Å²) < 4.78 is 0. The first kappa shape index (κ1) is 11.8. The van der Waals surface area contributed by atoms with Crippen molar-refractivity contribution in [2.45, 2.75) is 44.7 Å². The molecule has 4 nitrogen and oxygen atoms in total. The van der Waals surface area contributed by atoms with Crippen LogP contribution in [-0.2, 0) is 4.79 Å². The third-order valence-electron chi connectivity index (χ3n) is 2.78. The third kappa shape index (κ3) is 3.70. The number of thioether (sulfide) groups is 1. The van der Waals surface area contributed by atoms with Crippen LogP contribution in [0.15, 0.2) is 4.99 Å². The van der Waals surface area contributed by atoms with Gasteiger partial charge in [0.25, 0.3) is 0 Å². The van der Waals surface area contributed by atoms with Crippen molar-refractivity contribution in [3.63, 3.8) is 0 Å². The average Bonchev–Trinajstić information content (AvgIpc) is 2.96. The summed E-state index contributed by atoms with van der Waals surface area (Å²) in [5, 5.41) is 7.32. The number of aliphatic imine (C=N–C) groups is 1. The molecule has 90 valence electrons. The topological polar surface area (TPSA) is 53.5 Å². The molecule has 1 atom stereocenters. The molecule has 1 unspecified atom stereocenters. The predicted octanol–water partition coefficient (Wildman–Crippen LogP) is 1.13. The number of carbonyl (C=O) groups excluding carboxylic acids is 1. The quantitative estimate of drug-likeness (QED) is 0.758. The van der Waals surface area contributed by atoms with Crippen LogP contribution in [0.2, 0.25) is 0 Å². The lowest BCUT2D eigenvalue weighted by Crippen LogP contribution is -2.27. The summed E-state index contributed by atoms with van der Waals surface area (Å²) in [4.78, 5) is 15.8. The number of amides is 1. The fourth-order valence-electron chi connectivity index (χ4n) is 1.54. The molecule has 1 heterocycles. The molecule has 0 aromatic heterocycles. The van der Waals surface area contributed by atoms with Gasteiger partial charge in [-0.25, -0.2) is 0 Å². The molecule has 1 saturated heterocycles. The molecular formula is C11H19N3OS. The van der Waals surface area contributed by atoms with Gasteiger partial charge in [0.05, 0.1) is 6.54 Å². The highest BCUT2D eigenvalue weighted by molar-refractivity contribution is 8.14. The van der Waals surface area contributed by atoms with Crippen LogP contribution < -0.4 is 10.6 Å². The van der Waals surface area contributed by atoms with Crippen molar-refractivity contribution >= 4 is 22.8 Å². The van der Waals surface area contributed by atoms with E-state index in [0.717, 1.165) is 30.2 Å². The molecular weight excluding hydrogens is 222 g/mol. The number of carbonyl (C=O) groups is 1. The predicted molar refractivity (Wildman–Crippen MR) is 67.8 cm³/mol. The Hall–Kier alpha value is -0.710. The van der Waals surface area contributed by atoms with Crippen molar-refractivity contribution in [2.75, 3.05) is 12.3 Å².